The first-order valence-electron chi connectivity index (χ1n) is 8.14. The van der Waals surface area contributed by atoms with E-state index in [1.54, 1.807) is 12.1 Å². The summed E-state index contributed by atoms with van der Waals surface area (Å²) in [4.78, 5) is 14.6. The highest BCUT2D eigenvalue weighted by Crippen LogP contribution is 2.37. The average molecular weight is 321 g/mol. The molecule has 0 amide bonds. The van der Waals surface area contributed by atoms with Crippen molar-refractivity contribution in [3.8, 4) is 0 Å². The Hall–Kier alpha value is -2.66. The summed E-state index contributed by atoms with van der Waals surface area (Å²) in [5.74, 6) is 0. The predicted molar refractivity (Wildman–Crippen MR) is 94.4 cm³/mol. The van der Waals surface area contributed by atoms with Crippen molar-refractivity contribution in [2.45, 2.75) is 26.3 Å². The lowest BCUT2D eigenvalue weighted by molar-refractivity contribution is -0.385. The van der Waals surface area contributed by atoms with Gasteiger partial charge in [0.15, 0.2) is 0 Å². The van der Waals surface area contributed by atoms with Crippen LogP contribution < -0.4 is 5.32 Å². The van der Waals surface area contributed by atoms with Crippen LogP contribution in [0.5, 0.6) is 0 Å². The number of hydrogen-bond donors (Lipinski definition) is 2. The number of para-hydroxylation sites is 1. The summed E-state index contributed by atoms with van der Waals surface area (Å²) in [6, 6.07) is 11.1. The Morgan fingerprint density at radius 1 is 1.21 bits per heavy atom. The Kier molecular flexibility index (Phi) is 3.39. The van der Waals surface area contributed by atoms with Crippen molar-refractivity contribution >= 4 is 16.6 Å². The van der Waals surface area contributed by atoms with Crippen LogP contribution in [0.2, 0.25) is 0 Å². The van der Waals surface area contributed by atoms with Crippen LogP contribution in [0.1, 0.15) is 34.0 Å². The van der Waals surface area contributed by atoms with E-state index in [9.17, 15) is 10.1 Å². The number of aromatic amines is 1. The third-order valence-corrected chi connectivity index (χ3v) is 4.83. The van der Waals surface area contributed by atoms with Crippen molar-refractivity contribution in [2.75, 3.05) is 6.54 Å². The van der Waals surface area contributed by atoms with Gasteiger partial charge in [0.2, 0.25) is 0 Å². The second kappa shape index (κ2) is 5.46. The molecular formula is C19H19N3O2. The van der Waals surface area contributed by atoms with Crippen LogP contribution in [0.25, 0.3) is 10.9 Å². The minimum atomic E-state index is -0.302. The smallest absolute Gasteiger partial charge is 0.274 e. The van der Waals surface area contributed by atoms with Crippen LogP contribution in [0.4, 0.5) is 5.69 Å². The van der Waals surface area contributed by atoms with E-state index in [1.807, 2.05) is 12.1 Å². The summed E-state index contributed by atoms with van der Waals surface area (Å²) in [7, 11) is 0. The summed E-state index contributed by atoms with van der Waals surface area (Å²) in [6.45, 7) is 5.03. The number of nitrogens with zero attached hydrogens (tertiary/aromatic N) is 1. The molecule has 0 aliphatic carbocycles. The van der Waals surface area contributed by atoms with Gasteiger partial charge in [-0.1, -0.05) is 24.3 Å². The maximum Gasteiger partial charge on any atom is 0.274 e. The lowest BCUT2D eigenvalue weighted by Crippen LogP contribution is -2.30. The topological polar surface area (TPSA) is 71.0 Å². The first-order chi connectivity index (χ1) is 11.6. The number of nitro groups is 1. The first-order valence-corrected chi connectivity index (χ1v) is 8.14. The number of aryl methyl sites for hydroxylation is 2. The molecule has 0 saturated carbocycles. The van der Waals surface area contributed by atoms with Crippen LogP contribution in [-0.4, -0.2) is 16.5 Å². The zero-order valence-electron chi connectivity index (χ0n) is 13.7. The molecule has 2 N–H and O–H groups in total. The van der Waals surface area contributed by atoms with Gasteiger partial charge >= 0.3 is 0 Å². The van der Waals surface area contributed by atoms with Gasteiger partial charge in [-0.05, 0) is 43.0 Å². The molecule has 3 aromatic rings. The zero-order valence-corrected chi connectivity index (χ0v) is 13.7. The normalized spacial score (nSPS) is 17.0. The Morgan fingerprint density at radius 2 is 2.00 bits per heavy atom. The Morgan fingerprint density at radius 3 is 2.79 bits per heavy atom. The standard InChI is InChI=1S/C19H19N3O2/c1-11-9-12(2)17-14-7-8-20-18(19(14)21-15(17)10-11)13-5-3-4-6-16(13)22(23)24/h3-6,9-10,18,20-21H,7-8H2,1-2H3. The summed E-state index contributed by atoms with van der Waals surface area (Å²) in [6.07, 6.45) is 0.927. The van der Waals surface area contributed by atoms with Gasteiger partial charge in [0.25, 0.3) is 5.69 Å². The van der Waals surface area contributed by atoms with Gasteiger partial charge in [-0.3, -0.25) is 10.1 Å². The SMILES string of the molecule is Cc1cc(C)c2c3c([nH]c2c1)C(c1ccccc1[N+](=O)[O-])NCC3. The molecule has 0 radical (unpaired) electrons. The molecule has 0 saturated heterocycles. The molecule has 0 fully saturated rings. The van der Waals surface area contributed by atoms with E-state index in [0.717, 1.165) is 24.2 Å². The van der Waals surface area contributed by atoms with Crippen LogP contribution in [0, 0.1) is 24.0 Å². The van der Waals surface area contributed by atoms with Crippen LogP contribution >= 0.6 is 0 Å². The quantitative estimate of drug-likeness (QED) is 0.555. The third kappa shape index (κ3) is 2.20. The molecule has 1 aliphatic rings. The van der Waals surface area contributed by atoms with Gasteiger partial charge in [0.1, 0.15) is 0 Å². The summed E-state index contributed by atoms with van der Waals surface area (Å²) in [5, 5.41) is 16.1. The summed E-state index contributed by atoms with van der Waals surface area (Å²) < 4.78 is 0. The fourth-order valence-electron chi connectivity index (χ4n) is 3.93. The van der Waals surface area contributed by atoms with Crippen molar-refractivity contribution in [3.05, 3.63) is 74.5 Å². The summed E-state index contributed by atoms with van der Waals surface area (Å²) >= 11 is 0. The first kappa shape index (κ1) is 14.9. The zero-order chi connectivity index (χ0) is 16.8. The third-order valence-electron chi connectivity index (χ3n) is 4.83. The number of nitrogens with one attached hydrogen (secondary N) is 2. The highest BCUT2D eigenvalue weighted by atomic mass is 16.6. The highest BCUT2D eigenvalue weighted by molar-refractivity contribution is 5.89. The molecule has 4 rings (SSSR count). The monoisotopic (exact) mass is 321 g/mol. The van der Waals surface area contributed by atoms with Gasteiger partial charge in [-0.2, -0.15) is 0 Å². The predicted octanol–water partition coefficient (Wildman–Crippen LogP) is 3.93. The van der Waals surface area contributed by atoms with Crippen molar-refractivity contribution in [3.63, 3.8) is 0 Å². The largest absolute Gasteiger partial charge is 0.357 e. The molecule has 24 heavy (non-hydrogen) atoms. The van der Waals surface area contributed by atoms with Crippen molar-refractivity contribution in [1.82, 2.24) is 10.3 Å². The minimum Gasteiger partial charge on any atom is -0.357 e. The van der Waals surface area contributed by atoms with Gasteiger partial charge in [0.05, 0.1) is 16.5 Å². The number of rotatable bonds is 2. The number of nitro benzene ring substituents is 1. The number of H-pyrrole nitrogens is 1. The van der Waals surface area contributed by atoms with Crippen molar-refractivity contribution in [1.29, 1.82) is 0 Å². The fraction of sp³-hybridized carbons (Fsp3) is 0.263. The van der Waals surface area contributed by atoms with Crippen LogP contribution in [0.15, 0.2) is 36.4 Å². The van der Waals surface area contributed by atoms with E-state index in [2.05, 4.69) is 36.3 Å². The maximum absolute atomic E-state index is 11.4. The molecule has 5 nitrogen and oxygen atoms in total. The number of aromatic nitrogens is 1. The molecule has 0 bridgehead atoms. The molecule has 1 aromatic heterocycles. The van der Waals surface area contributed by atoms with E-state index in [0.29, 0.717) is 5.56 Å². The Balaban J connectivity index is 1.95. The molecule has 1 atom stereocenters. The van der Waals surface area contributed by atoms with Gasteiger partial charge in [0, 0.05) is 29.2 Å². The molecule has 1 unspecified atom stereocenters. The molecular weight excluding hydrogens is 302 g/mol. The molecule has 122 valence electrons. The Bertz CT molecular complexity index is 959. The molecule has 2 aromatic carbocycles. The molecule has 1 aliphatic heterocycles. The summed E-state index contributed by atoms with van der Waals surface area (Å²) in [5.41, 5.74) is 6.80. The van der Waals surface area contributed by atoms with E-state index >= 15 is 0 Å². The van der Waals surface area contributed by atoms with E-state index < -0.39 is 0 Å². The Labute approximate surface area is 139 Å². The number of benzene rings is 2. The fourth-order valence-corrected chi connectivity index (χ4v) is 3.93. The lowest BCUT2D eigenvalue weighted by atomic mass is 9.92. The lowest BCUT2D eigenvalue weighted by Gasteiger charge is -2.24. The maximum atomic E-state index is 11.4. The average Bonchev–Trinajstić information content (AvgIpc) is 2.93. The van der Waals surface area contributed by atoms with E-state index in [1.165, 1.54) is 22.1 Å². The van der Waals surface area contributed by atoms with Crippen molar-refractivity contribution < 1.29 is 4.92 Å². The van der Waals surface area contributed by atoms with Gasteiger partial charge < -0.3 is 10.3 Å². The van der Waals surface area contributed by atoms with E-state index in [-0.39, 0.29) is 16.7 Å². The second-order valence-corrected chi connectivity index (χ2v) is 6.47. The second-order valence-electron chi connectivity index (χ2n) is 6.47. The molecule has 5 heteroatoms. The van der Waals surface area contributed by atoms with Crippen LogP contribution in [0.3, 0.4) is 0 Å². The van der Waals surface area contributed by atoms with Gasteiger partial charge in [-0.15, -0.1) is 0 Å². The molecule has 2 heterocycles. The minimum absolute atomic E-state index is 0.161. The molecule has 0 spiro atoms. The van der Waals surface area contributed by atoms with Crippen molar-refractivity contribution in [2.24, 2.45) is 0 Å². The van der Waals surface area contributed by atoms with Crippen LogP contribution in [-0.2, 0) is 6.42 Å². The highest BCUT2D eigenvalue weighted by Gasteiger charge is 2.30. The number of hydrogen-bond acceptors (Lipinski definition) is 3. The van der Waals surface area contributed by atoms with Gasteiger partial charge in [-0.25, -0.2) is 0 Å². The van der Waals surface area contributed by atoms with E-state index in [4.69, 9.17) is 0 Å². The number of fused-ring (bicyclic) bond motifs is 3.